The zero-order chi connectivity index (χ0) is 17.4. The molecule has 1 N–H and O–H groups in total. The first-order valence-corrected chi connectivity index (χ1v) is 7.75. The molecule has 0 saturated carbocycles. The minimum atomic E-state index is -0.125. The standard InChI is InChI=1S/C15H11N2.C5H8O2.Ir/c1-9-16-14-11-7-3-5-10-6-4-8-12(13(10)11)15(14)17(9)2;1-4(6)3-5(2)7;/h3-6,8H,1-2H3;3,6H,1-2H3;/q-1;;/b;4-3-;. The number of imidazole rings is 1. The fourth-order valence-corrected chi connectivity index (χ4v) is 3.05. The molecule has 0 amide bonds. The number of rotatable bonds is 1. The molecule has 1 aromatic heterocycles. The van der Waals surface area contributed by atoms with Gasteiger partial charge >= 0.3 is 0 Å². The molecule has 1 heterocycles. The van der Waals surface area contributed by atoms with Crippen molar-refractivity contribution < 1.29 is 30.0 Å². The number of carbonyl (C=O) groups excluding carboxylic acids is 1. The number of benzene rings is 2. The van der Waals surface area contributed by atoms with Crippen molar-refractivity contribution in [3.05, 3.63) is 54.1 Å². The first-order valence-electron chi connectivity index (χ1n) is 7.75. The number of aryl methyl sites for hydroxylation is 1. The van der Waals surface area contributed by atoms with Gasteiger partial charge in [0.1, 0.15) is 0 Å². The van der Waals surface area contributed by atoms with Gasteiger partial charge in [0.2, 0.25) is 0 Å². The van der Waals surface area contributed by atoms with Gasteiger partial charge in [-0.3, -0.25) is 9.78 Å². The largest absolute Gasteiger partial charge is 0.512 e. The van der Waals surface area contributed by atoms with Gasteiger partial charge in [0, 0.05) is 44.6 Å². The summed E-state index contributed by atoms with van der Waals surface area (Å²) in [7, 11) is 2.08. The summed E-state index contributed by atoms with van der Waals surface area (Å²) in [6.07, 6.45) is 1.17. The van der Waals surface area contributed by atoms with Crippen molar-refractivity contribution in [2.75, 3.05) is 0 Å². The second-order valence-corrected chi connectivity index (χ2v) is 5.93. The number of nitrogens with zero attached hydrogens (tertiary/aromatic N) is 2. The molecule has 1 aliphatic rings. The summed E-state index contributed by atoms with van der Waals surface area (Å²) in [5.74, 6) is 0.988. The molecule has 4 rings (SSSR count). The molecule has 0 bridgehead atoms. The van der Waals surface area contributed by atoms with Gasteiger partial charge < -0.3 is 9.67 Å². The summed E-state index contributed by atoms with van der Waals surface area (Å²) >= 11 is 0. The van der Waals surface area contributed by atoms with Crippen molar-refractivity contribution >= 4 is 16.6 Å². The van der Waals surface area contributed by atoms with E-state index < -0.39 is 0 Å². The first kappa shape index (κ1) is 19.1. The number of hydrogen-bond acceptors (Lipinski definition) is 3. The van der Waals surface area contributed by atoms with Crippen LogP contribution in [0.15, 0.2) is 42.2 Å². The van der Waals surface area contributed by atoms with Crippen LogP contribution in [-0.2, 0) is 31.9 Å². The smallest absolute Gasteiger partial charge is 0.155 e. The zero-order valence-electron chi connectivity index (χ0n) is 14.5. The van der Waals surface area contributed by atoms with Crippen LogP contribution in [0.1, 0.15) is 19.7 Å². The number of aliphatic hydroxyl groups excluding tert-OH is 1. The maximum atomic E-state index is 10.0. The number of hydrogen-bond donors (Lipinski definition) is 1. The van der Waals surface area contributed by atoms with E-state index in [0.29, 0.717) is 0 Å². The van der Waals surface area contributed by atoms with E-state index in [1.165, 1.54) is 42.0 Å². The van der Waals surface area contributed by atoms with E-state index in [4.69, 9.17) is 5.11 Å². The molecule has 0 unspecified atom stereocenters. The minimum absolute atomic E-state index is 0. The maximum absolute atomic E-state index is 10.0. The molecule has 0 fully saturated rings. The number of ketones is 1. The average Bonchev–Trinajstić information content (AvgIpc) is 2.97. The van der Waals surface area contributed by atoms with Crippen LogP contribution in [0.2, 0.25) is 0 Å². The monoisotopic (exact) mass is 512 g/mol. The SMILES string of the molecule is CC(=O)/C=C(/C)O.Cc1nc2c(n1C)-c1cccc3cc[c-]c-2c13.[Ir]. The molecule has 4 nitrogen and oxygen atoms in total. The molecule has 0 saturated heterocycles. The van der Waals surface area contributed by atoms with E-state index in [9.17, 15) is 4.79 Å². The maximum Gasteiger partial charge on any atom is 0.155 e. The zero-order valence-corrected chi connectivity index (χ0v) is 16.9. The number of carbonyl (C=O) groups is 1. The quantitative estimate of drug-likeness (QED) is 0.235. The number of allylic oxidation sites excluding steroid dienone is 2. The molecule has 131 valence electrons. The van der Waals surface area contributed by atoms with Gasteiger partial charge in [0.15, 0.2) is 5.78 Å². The number of fused-ring (bicyclic) bond motifs is 3. The van der Waals surface area contributed by atoms with Crippen LogP contribution in [0.4, 0.5) is 0 Å². The summed E-state index contributed by atoms with van der Waals surface area (Å²) in [6.45, 7) is 4.89. The molecular formula is C20H19IrN2O2-. The molecule has 0 aliphatic heterocycles. The average molecular weight is 512 g/mol. The van der Waals surface area contributed by atoms with Crippen molar-refractivity contribution in [3.8, 4) is 22.5 Å². The van der Waals surface area contributed by atoms with Gasteiger partial charge in [0.25, 0.3) is 0 Å². The van der Waals surface area contributed by atoms with Crippen molar-refractivity contribution in [2.24, 2.45) is 7.05 Å². The van der Waals surface area contributed by atoms with Gasteiger partial charge in [-0.25, -0.2) is 0 Å². The molecule has 25 heavy (non-hydrogen) atoms. The van der Waals surface area contributed by atoms with Crippen molar-refractivity contribution in [3.63, 3.8) is 0 Å². The van der Waals surface area contributed by atoms with Gasteiger partial charge in [0.05, 0.1) is 11.6 Å². The van der Waals surface area contributed by atoms with Crippen LogP contribution in [0.5, 0.6) is 0 Å². The van der Waals surface area contributed by atoms with Crippen LogP contribution in [-0.4, -0.2) is 20.4 Å². The van der Waals surface area contributed by atoms with Gasteiger partial charge in [-0.1, -0.05) is 23.6 Å². The van der Waals surface area contributed by atoms with Crippen molar-refractivity contribution in [1.82, 2.24) is 9.55 Å². The van der Waals surface area contributed by atoms with E-state index in [1.54, 1.807) is 0 Å². The summed E-state index contributed by atoms with van der Waals surface area (Å²) in [5.41, 5.74) is 4.74. The Kier molecular flexibility index (Phi) is 5.61. The predicted octanol–water partition coefficient (Wildman–Crippen LogP) is 4.36. The van der Waals surface area contributed by atoms with Gasteiger partial charge in [-0.2, -0.15) is 0 Å². The Hall–Kier alpha value is -2.23. The Balaban J connectivity index is 0.000000246. The fraction of sp³-hybridized carbons (Fsp3) is 0.200. The minimum Gasteiger partial charge on any atom is -0.512 e. The van der Waals surface area contributed by atoms with Crippen LogP contribution in [0, 0.1) is 13.0 Å². The van der Waals surface area contributed by atoms with Crippen LogP contribution in [0.25, 0.3) is 33.3 Å². The third-order valence-electron chi connectivity index (χ3n) is 4.06. The van der Waals surface area contributed by atoms with Gasteiger partial charge in [-0.15, -0.1) is 29.1 Å². The van der Waals surface area contributed by atoms with E-state index in [-0.39, 0.29) is 31.6 Å². The number of aromatic nitrogens is 2. The number of aliphatic hydroxyl groups is 1. The molecule has 2 aromatic carbocycles. The summed E-state index contributed by atoms with van der Waals surface area (Å²) in [5, 5.41) is 10.9. The Morgan fingerprint density at radius 2 is 2.00 bits per heavy atom. The third-order valence-corrected chi connectivity index (χ3v) is 4.06. The summed E-state index contributed by atoms with van der Waals surface area (Å²) < 4.78 is 2.16. The van der Waals surface area contributed by atoms with Crippen molar-refractivity contribution in [2.45, 2.75) is 20.8 Å². The normalized spacial score (nSPS) is 11.4. The molecule has 5 heteroatoms. The Labute approximate surface area is 160 Å². The Bertz CT molecular complexity index is 978. The molecule has 1 aliphatic carbocycles. The Morgan fingerprint density at radius 1 is 1.28 bits per heavy atom. The van der Waals surface area contributed by atoms with E-state index >= 15 is 0 Å². The van der Waals surface area contributed by atoms with Gasteiger partial charge in [-0.05, 0) is 26.3 Å². The van der Waals surface area contributed by atoms with Crippen molar-refractivity contribution in [1.29, 1.82) is 0 Å². The summed E-state index contributed by atoms with van der Waals surface area (Å²) in [6, 6.07) is 13.9. The van der Waals surface area contributed by atoms with Crippen LogP contribution >= 0.6 is 0 Å². The molecule has 0 spiro atoms. The molecular weight excluding hydrogens is 492 g/mol. The molecule has 3 aromatic rings. The second-order valence-electron chi connectivity index (χ2n) is 5.93. The fourth-order valence-electron chi connectivity index (χ4n) is 3.05. The molecule has 1 radical (unpaired) electrons. The summed E-state index contributed by atoms with van der Waals surface area (Å²) in [4.78, 5) is 14.7. The van der Waals surface area contributed by atoms with Crippen LogP contribution in [0.3, 0.4) is 0 Å². The third kappa shape index (κ3) is 3.43. The second kappa shape index (κ2) is 7.34. The Morgan fingerprint density at radius 3 is 2.60 bits per heavy atom. The van der Waals surface area contributed by atoms with Crippen LogP contribution < -0.4 is 0 Å². The van der Waals surface area contributed by atoms with E-state index in [0.717, 1.165) is 17.1 Å². The topological polar surface area (TPSA) is 55.1 Å². The molecule has 0 atom stereocenters. The van der Waals surface area contributed by atoms with E-state index in [2.05, 4.69) is 46.9 Å². The first-order chi connectivity index (χ1) is 11.4. The van der Waals surface area contributed by atoms with E-state index in [1.807, 2.05) is 13.0 Å². The predicted molar refractivity (Wildman–Crippen MR) is 95.8 cm³/mol.